The number of carbonyl (C=O) groups excluding carboxylic acids is 2. The SMILES string of the molecule is CC(=O)O[C@@H](C)[C@H](C)[C@@H]1N[B-]2(OC1=O)C1CCCC2CCC1. The third-order valence-corrected chi connectivity index (χ3v) is 6.32. The van der Waals surface area contributed by atoms with Gasteiger partial charge in [-0.1, -0.05) is 45.4 Å². The van der Waals surface area contributed by atoms with Crippen LogP contribution in [-0.2, 0) is 19.0 Å². The Hall–Kier alpha value is -1.04. The Kier molecular flexibility index (Phi) is 4.23. The molecule has 3 aliphatic rings. The maximum Gasteiger partial charge on any atom is 0.302 e. The van der Waals surface area contributed by atoms with E-state index in [0.29, 0.717) is 11.6 Å². The van der Waals surface area contributed by atoms with E-state index >= 15 is 0 Å². The van der Waals surface area contributed by atoms with E-state index in [2.05, 4.69) is 5.23 Å². The largest absolute Gasteiger partial charge is 0.673 e. The molecule has 0 radical (unpaired) electrons. The second kappa shape index (κ2) is 5.87. The molecule has 0 aliphatic carbocycles. The van der Waals surface area contributed by atoms with Gasteiger partial charge in [0, 0.05) is 12.8 Å². The van der Waals surface area contributed by atoms with Gasteiger partial charge in [0.05, 0.1) is 6.04 Å². The number of hydrogen-bond donors (Lipinski definition) is 1. The predicted octanol–water partition coefficient (Wildman–Crippen LogP) is 2.64. The third kappa shape index (κ3) is 2.55. The minimum Gasteiger partial charge on any atom is -0.673 e. The van der Waals surface area contributed by atoms with Crippen LogP contribution in [0.5, 0.6) is 0 Å². The lowest BCUT2D eigenvalue weighted by molar-refractivity contribution is -0.150. The molecule has 0 aromatic heterocycles. The lowest BCUT2D eigenvalue weighted by atomic mass is 9.28. The number of ether oxygens (including phenoxy) is 1. The molecule has 0 saturated carbocycles. The van der Waals surface area contributed by atoms with Gasteiger partial charge in [-0.2, -0.15) is 0 Å². The van der Waals surface area contributed by atoms with Crippen LogP contribution < -0.4 is 5.23 Å². The van der Waals surface area contributed by atoms with E-state index in [1.165, 1.54) is 19.8 Å². The third-order valence-electron chi connectivity index (χ3n) is 6.32. The summed E-state index contributed by atoms with van der Waals surface area (Å²) in [6.45, 7) is 3.98. The number of hydrogen-bond acceptors (Lipinski definition) is 5. The van der Waals surface area contributed by atoms with Crippen LogP contribution in [0.1, 0.15) is 59.3 Å². The van der Waals surface area contributed by atoms with Crippen molar-refractivity contribution in [3.8, 4) is 0 Å². The van der Waals surface area contributed by atoms with Crippen molar-refractivity contribution in [2.75, 3.05) is 0 Å². The van der Waals surface area contributed by atoms with E-state index in [-0.39, 0.29) is 30.0 Å². The standard InChI is InChI=1S/C16H27BNO4/c1-10(11(2)21-12(3)19)15-16(20)22-17(18-15)13-6-4-7-14(17)9-5-8-13/h10-11,13-15,18H,4-9H2,1-3H3/q-1/t10-,11-,13?,14?,15-,17?/m0/s1. The number of nitrogens with one attached hydrogen (secondary N) is 1. The van der Waals surface area contributed by atoms with Crippen LogP contribution >= 0.6 is 0 Å². The second-order valence-electron chi connectivity index (χ2n) is 7.55. The van der Waals surface area contributed by atoms with Crippen LogP contribution in [0, 0.1) is 5.92 Å². The molecule has 0 aromatic carbocycles. The Balaban J connectivity index is 1.76. The maximum absolute atomic E-state index is 12.5. The van der Waals surface area contributed by atoms with Gasteiger partial charge in [0.25, 0.3) is 5.97 Å². The summed E-state index contributed by atoms with van der Waals surface area (Å²) in [6.07, 6.45) is 6.87. The minimum absolute atomic E-state index is 0.0831. The molecule has 3 heterocycles. The van der Waals surface area contributed by atoms with Crippen LogP contribution in [0.25, 0.3) is 0 Å². The Morgan fingerprint density at radius 1 is 1.23 bits per heavy atom. The van der Waals surface area contributed by atoms with Crippen molar-refractivity contribution in [3.63, 3.8) is 0 Å². The van der Waals surface area contributed by atoms with Crippen molar-refractivity contribution in [2.24, 2.45) is 5.92 Å². The molecule has 6 heteroatoms. The zero-order valence-corrected chi connectivity index (χ0v) is 13.8. The van der Waals surface area contributed by atoms with Gasteiger partial charge in [-0.15, -0.1) is 11.6 Å². The molecule has 1 spiro atoms. The fourth-order valence-corrected chi connectivity index (χ4v) is 5.07. The fraction of sp³-hybridized carbons (Fsp3) is 0.875. The first kappa shape index (κ1) is 15.8. The van der Waals surface area contributed by atoms with Crippen molar-refractivity contribution in [1.29, 1.82) is 0 Å². The highest BCUT2D eigenvalue weighted by atomic mass is 16.5. The van der Waals surface area contributed by atoms with Crippen molar-refractivity contribution >= 4 is 18.4 Å². The normalized spacial score (nSPS) is 40.1. The summed E-state index contributed by atoms with van der Waals surface area (Å²) in [4.78, 5) is 23.7. The van der Waals surface area contributed by atoms with Crippen LogP contribution in [0.4, 0.5) is 0 Å². The van der Waals surface area contributed by atoms with Crippen molar-refractivity contribution in [2.45, 2.75) is 83.1 Å². The first-order chi connectivity index (χ1) is 10.4. The molecule has 3 aliphatic heterocycles. The Morgan fingerprint density at radius 3 is 2.27 bits per heavy atom. The summed E-state index contributed by atoms with van der Waals surface area (Å²) in [5.41, 5.74) is 0. The smallest absolute Gasteiger partial charge is 0.302 e. The molecule has 0 unspecified atom stereocenters. The average Bonchev–Trinajstić information content (AvgIpc) is 2.74. The summed E-state index contributed by atoms with van der Waals surface area (Å²) in [5, 5.41) is 3.61. The molecular weight excluding hydrogens is 281 g/mol. The molecule has 5 nitrogen and oxygen atoms in total. The minimum atomic E-state index is -1.23. The quantitative estimate of drug-likeness (QED) is 0.641. The van der Waals surface area contributed by atoms with Crippen LogP contribution in [0.15, 0.2) is 0 Å². The fourth-order valence-electron chi connectivity index (χ4n) is 5.07. The van der Waals surface area contributed by atoms with Gasteiger partial charge < -0.3 is 14.6 Å². The number of carbonyl (C=O) groups is 2. The first-order valence-corrected chi connectivity index (χ1v) is 8.77. The van der Waals surface area contributed by atoms with E-state index in [4.69, 9.17) is 9.39 Å². The van der Waals surface area contributed by atoms with Crippen LogP contribution in [0.3, 0.4) is 0 Å². The van der Waals surface area contributed by atoms with Gasteiger partial charge in [0.2, 0.25) is 6.48 Å². The molecule has 0 aromatic rings. The van der Waals surface area contributed by atoms with E-state index < -0.39 is 6.48 Å². The van der Waals surface area contributed by atoms with Gasteiger partial charge >= 0.3 is 5.97 Å². The Morgan fingerprint density at radius 2 is 1.77 bits per heavy atom. The van der Waals surface area contributed by atoms with Crippen molar-refractivity contribution < 1.29 is 19.0 Å². The summed E-state index contributed by atoms with van der Waals surface area (Å²) in [5.74, 6) is 0.460. The van der Waals surface area contributed by atoms with Crippen molar-refractivity contribution in [1.82, 2.24) is 5.23 Å². The first-order valence-electron chi connectivity index (χ1n) is 8.77. The highest BCUT2D eigenvalue weighted by molar-refractivity contribution is 6.77. The van der Waals surface area contributed by atoms with Crippen LogP contribution in [0.2, 0.25) is 11.6 Å². The number of esters is 1. The molecule has 3 fully saturated rings. The molecule has 3 atom stereocenters. The van der Waals surface area contributed by atoms with E-state index in [1.54, 1.807) is 0 Å². The number of rotatable bonds is 3. The molecule has 124 valence electrons. The zero-order valence-electron chi connectivity index (χ0n) is 13.8. The summed E-state index contributed by atoms with van der Waals surface area (Å²) >= 11 is 0. The molecule has 2 bridgehead atoms. The molecule has 1 N–H and O–H groups in total. The van der Waals surface area contributed by atoms with E-state index in [0.717, 1.165) is 25.7 Å². The zero-order chi connectivity index (χ0) is 15.9. The summed E-state index contributed by atoms with van der Waals surface area (Å²) in [7, 11) is 0. The monoisotopic (exact) mass is 308 g/mol. The van der Waals surface area contributed by atoms with Crippen molar-refractivity contribution in [3.05, 3.63) is 0 Å². The van der Waals surface area contributed by atoms with E-state index in [1.807, 2.05) is 13.8 Å². The lowest BCUT2D eigenvalue weighted by Crippen LogP contribution is -2.61. The van der Waals surface area contributed by atoms with Gasteiger partial charge in [0.1, 0.15) is 6.10 Å². The average molecular weight is 308 g/mol. The second-order valence-corrected chi connectivity index (χ2v) is 7.55. The summed E-state index contributed by atoms with van der Waals surface area (Å²) < 4.78 is 11.3. The molecule has 0 amide bonds. The predicted molar refractivity (Wildman–Crippen MR) is 84.4 cm³/mol. The summed E-state index contributed by atoms with van der Waals surface area (Å²) in [6, 6.07) is -0.351. The van der Waals surface area contributed by atoms with Gasteiger partial charge in [0.15, 0.2) is 0 Å². The van der Waals surface area contributed by atoms with Gasteiger partial charge in [-0.3, -0.25) is 9.59 Å². The Bertz CT molecular complexity index is 447. The lowest BCUT2D eigenvalue weighted by Gasteiger charge is -2.55. The van der Waals surface area contributed by atoms with Gasteiger partial charge in [-0.05, 0) is 6.92 Å². The maximum atomic E-state index is 12.5. The molecule has 3 saturated heterocycles. The van der Waals surface area contributed by atoms with Gasteiger partial charge in [-0.25, -0.2) is 0 Å². The van der Waals surface area contributed by atoms with E-state index in [9.17, 15) is 9.59 Å². The molecule has 22 heavy (non-hydrogen) atoms. The highest BCUT2D eigenvalue weighted by Crippen LogP contribution is 2.54. The molecule has 3 rings (SSSR count). The highest BCUT2D eigenvalue weighted by Gasteiger charge is 2.54. The van der Waals surface area contributed by atoms with Crippen LogP contribution in [-0.4, -0.2) is 30.6 Å². The Labute approximate surface area is 132 Å². The molecular formula is C16H27BNO4-. The topological polar surface area (TPSA) is 64.6 Å².